The molecule has 0 saturated carbocycles. The molecule has 0 aromatic carbocycles. The van der Waals surface area contributed by atoms with Crippen molar-refractivity contribution in [3.05, 3.63) is 0 Å². The van der Waals surface area contributed by atoms with Gasteiger partial charge in [0.05, 0.1) is 0 Å². The molecule has 0 aliphatic carbocycles. The molecule has 0 unspecified atom stereocenters. The van der Waals surface area contributed by atoms with Crippen molar-refractivity contribution in [2.45, 2.75) is 0 Å². The predicted octanol–water partition coefficient (Wildman–Crippen LogP) is -0.245. The van der Waals surface area contributed by atoms with E-state index >= 15 is 0 Å². The molecular weight excluding hydrogens is 437 g/mol. The topological polar surface area (TPSA) is 57.0 Å². The minimum absolute atomic E-state index is 0. The molecule has 0 bridgehead atoms. The zero-order valence-corrected chi connectivity index (χ0v) is 11.1. The van der Waals surface area contributed by atoms with Crippen LogP contribution in [0.3, 0.4) is 0 Å². The van der Waals surface area contributed by atoms with Crippen LogP contribution in [-0.4, -0.2) is 0 Å². The maximum atomic E-state index is 0. The smallest absolute Gasteiger partial charge is 2.00 e. The van der Waals surface area contributed by atoms with Crippen LogP contribution in [0, 0.1) is 0 Å². The summed E-state index contributed by atoms with van der Waals surface area (Å²) in [7, 11) is 0. The minimum atomic E-state index is 0. The first-order chi connectivity index (χ1) is 0. The number of hydrogen-bond donors (Lipinski definition) is 0. The third kappa shape index (κ3) is 21.6. The summed E-state index contributed by atoms with van der Waals surface area (Å²) >= 11 is 0. The SMILES string of the molecule is [Hf+4].[Hf+4].[O-2].[O-2].[Ti+4]. The van der Waals surface area contributed by atoms with Gasteiger partial charge in [0.15, 0.2) is 0 Å². The van der Waals surface area contributed by atoms with Crippen molar-refractivity contribution in [3.63, 3.8) is 0 Å². The summed E-state index contributed by atoms with van der Waals surface area (Å²) < 4.78 is 0. The van der Waals surface area contributed by atoms with Crippen molar-refractivity contribution in [1.82, 2.24) is 0 Å². The number of hydrogen-bond acceptors (Lipinski definition) is 0. The third-order valence-corrected chi connectivity index (χ3v) is 0. The van der Waals surface area contributed by atoms with Gasteiger partial charge in [0, 0.05) is 0 Å². The Morgan fingerprint density at radius 3 is 0.600 bits per heavy atom. The monoisotopic (exact) mass is 440 g/mol. The Morgan fingerprint density at radius 2 is 0.600 bits per heavy atom. The molecule has 2 nitrogen and oxygen atoms in total. The van der Waals surface area contributed by atoms with E-state index in [1.165, 1.54) is 0 Å². The second-order valence-corrected chi connectivity index (χ2v) is 0. The Balaban J connectivity index is 0. The van der Waals surface area contributed by atoms with E-state index in [2.05, 4.69) is 0 Å². The van der Waals surface area contributed by atoms with Gasteiger partial charge < -0.3 is 11.0 Å². The van der Waals surface area contributed by atoms with Gasteiger partial charge in [-0.2, -0.15) is 0 Å². The Bertz CT molecular complexity index is 7.61. The van der Waals surface area contributed by atoms with Gasteiger partial charge in [-0.15, -0.1) is 0 Å². The van der Waals surface area contributed by atoms with E-state index < -0.39 is 0 Å². The van der Waals surface area contributed by atoms with Gasteiger partial charge in [-0.1, -0.05) is 0 Å². The molecular formula is Hf2O2Ti+8. The first kappa shape index (κ1) is 53.1. The minimum Gasteiger partial charge on any atom is -2.00 e. The summed E-state index contributed by atoms with van der Waals surface area (Å²) in [5.41, 5.74) is 0. The van der Waals surface area contributed by atoms with Crippen LogP contribution in [0.1, 0.15) is 0 Å². The average molecular weight is 437 g/mol. The van der Waals surface area contributed by atoms with Crippen LogP contribution < -0.4 is 0 Å². The standard InChI is InChI=1S/2Hf.2O.Ti/q2*+4;2*-2;+4. The molecule has 0 saturated heterocycles. The van der Waals surface area contributed by atoms with Gasteiger partial charge >= 0.3 is 73.4 Å². The molecule has 0 aromatic rings. The van der Waals surface area contributed by atoms with Crippen LogP contribution in [0.2, 0.25) is 0 Å². The Kier molecular flexibility index (Phi) is 347. The molecule has 0 aliphatic rings. The van der Waals surface area contributed by atoms with Crippen molar-refractivity contribution in [2.75, 3.05) is 0 Å². The molecule has 0 amide bonds. The summed E-state index contributed by atoms with van der Waals surface area (Å²) in [5, 5.41) is 0. The first-order valence-corrected chi connectivity index (χ1v) is 0. The largest absolute Gasteiger partial charge is 4.00 e. The Labute approximate surface area is 83.2 Å². The molecule has 0 spiro atoms. The van der Waals surface area contributed by atoms with Gasteiger partial charge in [0.2, 0.25) is 0 Å². The van der Waals surface area contributed by atoms with Crippen LogP contribution in [0.25, 0.3) is 0 Å². The molecule has 0 aliphatic heterocycles. The van der Waals surface area contributed by atoms with Crippen LogP contribution in [0.4, 0.5) is 0 Å². The third-order valence-electron chi connectivity index (χ3n) is 0. The fourth-order valence-corrected chi connectivity index (χ4v) is 0. The zero-order valence-electron chi connectivity index (χ0n) is 2.32. The fourth-order valence-electron chi connectivity index (χ4n) is 0. The second kappa shape index (κ2) is 32.7. The summed E-state index contributed by atoms with van der Waals surface area (Å²) in [6.45, 7) is 0. The van der Waals surface area contributed by atoms with Gasteiger partial charge in [0.25, 0.3) is 0 Å². The molecule has 5 heavy (non-hydrogen) atoms. The molecule has 0 rings (SSSR count). The van der Waals surface area contributed by atoms with E-state index in [0.29, 0.717) is 0 Å². The molecule has 0 fully saturated rings. The van der Waals surface area contributed by atoms with Crippen LogP contribution in [-0.2, 0) is 84.4 Å². The van der Waals surface area contributed by atoms with Gasteiger partial charge in [-0.3, -0.25) is 0 Å². The summed E-state index contributed by atoms with van der Waals surface area (Å²) in [6.07, 6.45) is 0. The normalized spacial score (nSPS) is 0. The second-order valence-electron chi connectivity index (χ2n) is 0. The molecule has 0 heterocycles. The van der Waals surface area contributed by atoms with E-state index in [0.717, 1.165) is 0 Å². The molecule has 16 valence electrons. The van der Waals surface area contributed by atoms with Crippen LogP contribution >= 0.6 is 0 Å². The summed E-state index contributed by atoms with van der Waals surface area (Å²) in [5.74, 6) is 0. The molecule has 0 radical (unpaired) electrons. The van der Waals surface area contributed by atoms with Crippen molar-refractivity contribution < 1.29 is 84.4 Å². The van der Waals surface area contributed by atoms with E-state index in [4.69, 9.17) is 0 Å². The van der Waals surface area contributed by atoms with Gasteiger partial charge in [-0.25, -0.2) is 0 Å². The van der Waals surface area contributed by atoms with Crippen LogP contribution in [0.15, 0.2) is 0 Å². The van der Waals surface area contributed by atoms with E-state index in [-0.39, 0.29) is 84.4 Å². The summed E-state index contributed by atoms with van der Waals surface area (Å²) in [4.78, 5) is 0. The Morgan fingerprint density at radius 1 is 0.600 bits per heavy atom. The van der Waals surface area contributed by atoms with Gasteiger partial charge in [0.1, 0.15) is 0 Å². The van der Waals surface area contributed by atoms with Crippen molar-refractivity contribution >= 4 is 0 Å². The van der Waals surface area contributed by atoms with Crippen molar-refractivity contribution in [3.8, 4) is 0 Å². The maximum absolute atomic E-state index is 0. The maximum Gasteiger partial charge on any atom is 4.00 e. The van der Waals surface area contributed by atoms with Crippen molar-refractivity contribution in [2.24, 2.45) is 0 Å². The Hall–Kier alpha value is 2.37. The molecule has 0 aromatic heterocycles. The summed E-state index contributed by atoms with van der Waals surface area (Å²) in [6, 6.07) is 0. The fraction of sp³-hybridized carbons (Fsp3) is 0. The number of rotatable bonds is 0. The van der Waals surface area contributed by atoms with Crippen molar-refractivity contribution in [1.29, 1.82) is 0 Å². The van der Waals surface area contributed by atoms with E-state index in [9.17, 15) is 0 Å². The molecule has 5 heteroatoms. The predicted molar refractivity (Wildman–Crippen MR) is 1.37 cm³/mol. The quantitative estimate of drug-likeness (QED) is 0.471. The van der Waals surface area contributed by atoms with Crippen LogP contribution in [0.5, 0.6) is 0 Å². The first-order valence-electron chi connectivity index (χ1n) is 0. The molecule has 0 N–H and O–H groups in total. The van der Waals surface area contributed by atoms with Gasteiger partial charge in [-0.05, 0) is 0 Å². The zero-order chi connectivity index (χ0) is 0. The van der Waals surface area contributed by atoms with E-state index in [1.807, 2.05) is 0 Å². The van der Waals surface area contributed by atoms with E-state index in [1.54, 1.807) is 0 Å². The molecule has 0 atom stereocenters. The average Bonchev–Trinajstić information content (AvgIpc) is 0.